The largest absolute Gasteiger partial charge is 0.384 e. The second-order valence-electron chi connectivity index (χ2n) is 2.61. The molecule has 0 aliphatic rings. The lowest BCUT2D eigenvalue weighted by atomic mass is 10.1. The van der Waals surface area contributed by atoms with Crippen LogP contribution in [0.3, 0.4) is 0 Å². The van der Waals surface area contributed by atoms with Crippen molar-refractivity contribution in [3.05, 3.63) is 29.6 Å². The highest BCUT2D eigenvalue weighted by molar-refractivity contribution is 5.25. The van der Waals surface area contributed by atoms with Crippen molar-refractivity contribution in [1.82, 2.24) is 4.98 Å². The quantitative estimate of drug-likeness (QED) is 0.631. The van der Waals surface area contributed by atoms with E-state index in [1.165, 1.54) is 24.4 Å². The normalized spacial score (nSPS) is 13.7. The van der Waals surface area contributed by atoms with Gasteiger partial charge in [-0.05, 0) is 6.07 Å². The molecule has 0 aromatic carbocycles. The Kier molecular flexibility index (Phi) is 3.14. The third-order valence-electron chi connectivity index (χ3n) is 1.67. The summed E-state index contributed by atoms with van der Waals surface area (Å²) in [6.45, 7) is 0. The molecule has 0 radical (unpaired) electrons. The molecule has 0 bridgehead atoms. The average molecular weight is 189 g/mol. The molecule has 70 valence electrons. The minimum Gasteiger partial charge on any atom is -0.384 e. The molecule has 5 nitrogen and oxygen atoms in total. The van der Waals surface area contributed by atoms with Crippen molar-refractivity contribution in [2.45, 2.75) is 12.2 Å². The van der Waals surface area contributed by atoms with E-state index in [4.69, 9.17) is 15.6 Å². The van der Waals surface area contributed by atoms with Gasteiger partial charge in [-0.1, -0.05) is 6.07 Å². The van der Waals surface area contributed by atoms with E-state index >= 15 is 0 Å². The van der Waals surface area contributed by atoms with Gasteiger partial charge in [0.1, 0.15) is 17.9 Å². The van der Waals surface area contributed by atoms with Crippen LogP contribution in [0.2, 0.25) is 0 Å². The van der Waals surface area contributed by atoms with Gasteiger partial charge in [0.15, 0.2) is 6.10 Å². The Morgan fingerprint density at radius 1 is 1.29 bits per heavy atom. The van der Waals surface area contributed by atoms with Gasteiger partial charge in [0, 0.05) is 11.8 Å². The van der Waals surface area contributed by atoms with Crippen LogP contribution in [0.5, 0.6) is 0 Å². The van der Waals surface area contributed by atoms with Gasteiger partial charge in [0.05, 0.1) is 6.07 Å². The monoisotopic (exact) mass is 189 g/mol. The second-order valence-corrected chi connectivity index (χ2v) is 2.61. The Bertz CT molecular complexity index is 388. The summed E-state index contributed by atoms with van der Waals surface area (Å²) in [5.41, 5.74) is 0.519. The molecule has 0 aliphatic carbocycles. The molecule has 1 rings (SSSR count). The first-order chi connectivity index (χ1) is 6.69. The van der Waals surface area contributed by atoms with E-state index in [1.54, 1.807) is 0 Å². The summed E-state index contributed by atoms with van der Waals surface area (Å²) >= 11 is 0. The van der Waals surface area contributed by atoms with Gasteiger partial charge in [-0.15, -0.1) is 0 Å². The molecule has 2 atom stereocenters. The lowest BCUT2D eigenvalue weighted by molar-refractivity contribution is 0.0525. The third kappa shape index (κ3) is 2.05. The summed E-state index contributed by atoms with van der Waals surface area (Å²) in [6.07, 6.45) is -1.52. The highest BCUT2D eigenvalue weighted by Crippen LogP contribution is 2.15. The highest BCUT2D eigenvalue weighted by Gasteiger charge is 2.17. The standard InChI is InChI=1S/C9H7N3O2/c10-3-7-2-1-6(5-12-7)9(14)8(13)4-11/h1-2,5,8-9,13-14H. The summed E-state index contributed by atoms with van der Waals surface area (Å²) in [6, 6.07) is 6.17. The second kappa shape index (κ2) is 4.33. The molecule has 2 N–H and O–H groups in total. The minimum atomic E-state index is -1.48. The number of nitriles is 2. The maximum Gasteiger partial charge on any atom is 0.170 e. The molecule has 0 aliphatic heterocycles. The number of hydrogen-bond acceptors (Lipinski definition) is 5. The zero-order valence-corrected chi connectivity index (χ0v) is 7.12. The smallest absolute Gasteiger partial charge is 0.170 e. The van der Waals surface area contributed by atoms with Gasteiger partial charge >= 0.3 is 0 Å². The summed E-state index contributed by atoms with van der Waals surface area (Å²) in [4.78, 5) is 3.69. The van der Waals surface area contributed by atoms with Crippen molar-refractivity contribution >= 4 is 0 Å². The van der Waals surface area contributed by atoms with E-state index in [-0.39, 0.29) is 5.69 Å². The van der Waals surface area contributed by atoms with Gasteiger partial charge in [-0.2, -0.15) is 10.5 Å². The molecule has 14 heavy (non-hydrogen) atoms. The molecule has 0 fully saturated rings. The number of aliphatic hydroxyl groups excluding tert-OH is 2. The first kappa shape index (κ1) is 10.1. The molecule has 5 heteroatoms. The molecule has 0 saturated carbocycles. The Labute approximate surface area is 80.5 Å². The molecule has 1 heterocycles. The van der Waals surface area contributed by atoms with E-state index in [1.807, 2.05) is 6.07 Å². The van der Waals surface area contributed by atoms with Gasteiger partial charge in [0.25, 0.3) is 0 Å². The van der Waals surface area contributed by atoms with E-state index in [0.717, 1.165) is 0 Å². The number of hydrogen-bond donors (Lipinski definition) is 2. The molecule has 0 amide bonds. The van der Waals surface area contributed by atoms with Crippen LogP contribution < -0.4 is 0 Å². The maximum absolute atomic E-state index is 9.36. The summed E-state index contributed by atoms with van der Waals surface area (Å²) < 4.78 is 0. The zero-order valence-electron chi connectivity index (χ0n) is 7.12. The molecule has 1 aromatic rings. The van der Waals surface area contributed by atoms with Crippen LogP contribution in [0.15, 0.2) is 18.3 Å². The first-order valence-electron chi connectivity index (χ1n) is 3.81. The molecular weight excluding hydrogens is 182 g/mol. The van der Waals surface area contributed by atoms with E-state index < -0.39 is 12.2 Å². The fourth-order valence-electron chi connectivity index (χ4n) is 0.899. The predicted octanol–water partition coefficient (Wildman–Crippen LogP) is -0.129. The van der Waals surface area contributed by atoms with Crippen LogP contribution in [-0.2, 0) is 0 Å². The Balaban J connectivity index is 2.89. The Hall–Kier alpha value is -1.95. The van der Waals surface area contributed by atoms with Crippen LogP contribution in [0.4, 0.5) is 0 Å². The van der Waals surface area contributed by atoms with Crippen molar-refractivity contribution in [2.24, 2.45) is 0 Å². The fourth-order valence-corrected chi connectivity index (χ4v) is 0.899. The average Bonchev–Trinajstić information content (AvgIpc) is 2.27. The van der Waals surface area contributed by atoms with Gasteiger partial charge in [-0.3, -0.25) is 0 Å². The highest BCUT2D eigenvalue weighted by atomic mass is 16.3. The lowest BCUT2D eigenvalue weighted by Gasteiger charge is -2.10. The van der Waals surface area contributed by atoms with Crippen molar-refractivity contribution < 1.29 is 10.2 Å². The van der Waals surface area contributed by atoms with Gasteiger partial charge in [-0.25, -0.2) is 4.98 Å². The number of rotatable bonds is 2. The number of pyridine rings is 1. The third-order valence-corrected chi connectivity index (χ3v) is 1.67. The number of nitrogens with zero attached hydrogens (tertiary/aromatic N) is 3. The maximum atomic E-state index is 9.36. The van der Waals surface area contributed by atoms with Crippen LogP contribution in [0.25, 0.3) is 0 Å². The topological polar surface area (TPSA) is 101 Å². The molecule has 1 aromatic heterocycles. The van der Waals surface area contributed by atoms with Crippen LogP contribution in [0.1, 0.15) is 17.4 Å². The molecule has 0 saturated heterocycles. The van der Waals surface area contributed by atoms with Gasteiger partial charge in [0.2, 0.25) is 0 Å². The zero-order chi connectivity index (χ0) is 10.6. The predicted molar refractivity (Wildman–Crippen MR) is 45.5 cm³/mol. The van der Waals surface area contributed by atoms with E-state index in [2.05, 4.69) is 4.98 Å². The van der Waals surface area contributed by atoms with E-state index in [9.17, 15) is 5.11 Å². The van der Waals surface area contributed by atoms with Gasteiger partial charge < -0.3 is 10.2 Å². The fraction of sp³-hybridized carbons (Fsp3) is 0.222. The van der Waals surface area contributed by atoms with Crippen molar-refractivity contribution in [3.8, 4) is 12.1 Å². The first-order valence-corrected chi connectivity index (χ1v) is 3.81. The molecule has 2 unspecified atom stereocenters. The van der Waals surface area contributed by atoms with Crippen LogP contribution in [-0.4, -0.2) is 21.3 Å². The summed E-state index contributed by atoms with van der Waals surface area (Å²) in [5.74, 6) is 0. The Morgan fingerprint density at radius 3 is 2.43 bits per heavy atom. The SMILES string of the molecule is N#Cc1ccc(C(O)C(O)C#N)cn1. The van der Waals surface area contributed by atoms with Crippen LogP contribution >= 0.6 is 0 Å². The number of aromatic nitrogens is 1. The summed E-state index contributed by atoms with van der Waals surface area (Å²) in [5, 5.41) is 35.1. The van der Waals surface area contributed by atoms with E-state index in [0.29, 0.717) is 5.56 Å². The molecular formula is C9H7N3O2. The van der Waals surface area contributed by atoms with Crippen molar-refractivity contribution in [2.75, 3.05) is 0 Å². The molecule has 0 spiro atoms. The Morgan fingerprint density at radius 2 is 2.00 bits per heavy atom. The van der Waals surface area contributed by atoms with Crippen molar-refractivity contribution in [3.63, 3.8) is 0 Å². The minimum absolute atomic E-state index is 0.215. The van der Waals surface area contributed by atoms with Crippen LogP contribution in [0, 0.1) is 22.7 Å². The van der Waals surface area contributed by atoms with Crippen molar-refractivity contribution in [1.29, 1.82) is 10.5 Å². The lowest BCUT2D eigenvalue weighted by Crippen LogP contribution is -2.15. The summed E-state index contributed by atoms with van der Waals surface area (Å²) in [7, 11) is 0. The number of aliphatic hydroxyl groups is 2.